The van der Waals surface area contributed by atoms with Gasteiger partial charge in [0.05, 0.1) is 6.04 Å². The minimum atomic E-state index is -0.399. The number of hydrogen-bond donors (Lipinski definition) is 1. The highest BCUT2D eigenvalue weighted by atomic mass is 16.5. The fourth-order valence-corrected chi connectivity index (χ4v) is 4.65. The molecule has 1 aliphatic rings. The van der Waals surface area contributed by atoms with E-state index in [1.54, 1.807) is 0 Å². The first-order valence-electron chi connectivity index (χ1n) is 12.9. The second-order valence-electron chi connectivity index (χ2n) is 10.5. The lowest BCUT2D eigenvalue weighted by molar-refractivity contribution is -0.134. The van der Waals surface area contributed by atoms with Crippen LogP contribution in [0.2, 0.25) is 0 Å². The first-order chi connectivity index (χ1) is 16.3. The SMILES string of the molecule is CC(C)CCN(c1ccc(OCc2ccccc2)cc1)[C@H]1CCCN(C(=O)C(N)CC(C)C)C1. The zero-order valence-corrected chi connectivity index (χ0v) is 21.5. The van der Waals surface area contributed by atoms with Gasteiger partial charge in [-0.2, -0.15) is 0 Å². The Morgan fingerprint density at radius 3 is 2.41 bits per heavy atom. The van der Waals surface area contributed by atoms with Gasteiger partial charge < -0.3 is 20.3 Å². The molecule has 2 atom stereocenters. The van der Waals surface area contributed by atoms with E-state index in [2.05, 4.69) is 69.0 Å². The number of benzene rings is 2. The number of ether oxygens (including phenoxy) is 1. The Morgan fingerprint density at radius 2 is 1.76 bits per heavy atom. The summed E-state index contributed by atoms with van der Waals surface area (Å²) in [5, 5.41) is 0. The van der Waals surface area contributed by atoms with E-state index >= 15 is 0 Å². The van der Waals surface area contributed by atoms with Gasteiger partial charge >= 0.3 is 0 Å². The lowest BCUT2D eigenvalue weighted by atomic mass is 9.99. The summed E-state index contributed by atoms with van der Waals surface area (Å²) >= 11 is 0. The molecule has 1 amide bonds. The summed E-state index contributed by atoms with van der Waals surface area (Å²) in [5.41, 5.74) is 8.60. The Kier molecular flexibility index (Phi) is 9.82. The van der Waals surface area contributed by atoms with Gasteiger partial charge in [0, 0.05) is 31.4 Å². The Hall–Kier alpha value is -2.53. The van der Waals surface area contributed by atoms with E-state index in [0.29, 0.717) is 24.5 Å². The third-order valence-electron chi connectivity index (χ3n) is 6.56. The molecular weight excluding hydrogens is 422 g/mol. The van der Waals surface area contributed by atoms with Crippen molar-refractivity contribution in [1.29, 1.82) is 0 Å². The maximum absolute atomic E-state index is 13.0. The number of amides is 1. The molecule has 1 fully saturated rings. The highest BCUT2D eigenvalue weighted by molar-refractivity contribution is 5.81. The van der Waals surface area contributed by atoms with Crippen LogP contribution in [0.5, 0.6) is 5.75 Å². The van der Waals surface area contributed by atoms with Gasteiger partial charge in [-0.15, -0.1) is 0 Å². The normalized spacial score (nSPS) is 17.1. The predicted octanol–water partition coefficient (Wildman–Crippen LogP) is 5.48. The molecule has 2 N–H and O–H groups in total. The molecule has 1 unspecified atom stereocenters. The number of carbonyl (C=O) groups excluding carboxylic acids is 1. The minimum absolute atomic E-state index is 0.104. The van der Waals surface area contributed by atoms with E-state index in [-0.39, 0.29) is 5.91 Å². The largest absolute Gasteiger partial charge is 0.489 e. The highest BCUT2D eigenvalue weighted by Gasteiger charge is 2.30. The first-order valence-corrected chi connectivity index (χ1v) is 12.9. The topological polar surface area (TPSA) is 58.8 Å². The van der Waals surface area contributed by atoms with Crippen molar-refractivity contribution in [3.63, 3.8) is 0 Å². The van der Waals surface area contributed by atoms with Crippen LogP contribution < -0.4 is 15.4 Å². The highest BCUT2D eigenvalue weighted by Crippen LogP contribution is 2.27. The third-order valence-corrected chi connectivity index (χ3v) is 6.56. The summed E-state index contributed by atoms with van der Waals surface area (Å²) in [6.45, 7) is 11.9. The molecule has 5 heteroatoms. The fraction of sp³-hybridized carbons (Fsp3) is 0.552. The molecule has 186 valence electrons. The molecule has 0 spiro atoms. The Morgan fingerprint density at radius 1 is 1.06 bits per heavy atom. The van der Waals surface area contributed by atoms with Crippen LogP contribution in [0.1, 0.15) is 58.9 Å². The van der Waals surface area contributed by atoms with Crippen LogP contribution >= 0.6 is 0 Å². The summed E-state index contributed by atoms with van der Waals surface area (Å²) in [5.74, 6) is 2.02. The lowest BCUT2D eigenvalue weighted by Crippen LogP contribution is -2.54. The van der Waals surface area contributed by atoms with Crippen molar-refractivity contribution in [2.75, 3.05) is 24.5 Å². The van der Waals surface area contributed by atoms with E-state index < -0.39 is 6.04 Å². The summed E-state index contributed by atoms with van der Waals surface area (Å²) in [6.07, 6.45) is 3.96. The van der Waals surface area contributed by atoms with Crippen LogP contribution in [-0.4, -0.2) is 42.5 Å². The number of hydrogen-bond acceptors (Lipinski definition) is 4. The van der Waals surface area contributed by atoms with Crippen molar-refractivity contribution in [1.82, 2.24) is 4.90 Å². The molecule has 5 nitrogen and oxygen atoms in total. The van der Waals surface area contributed by atoms with Crippen molar-refractivity contribution in [2.45, 2.75) is 72.1 Å². The van der Waals surface area contributed by atoms with Gasteiger partial charge in [0.15, 0.2) is 0 Å². The first kappa shape index (κ1) is 26.1. The monoisotopic (exact) mass is 465 g/mol. The summed E-state index contributed by atoms with van der Waals surface area (Å²) in [7, 11) is 0. The molecule has 0 aliphatic carbocycles. The third kappa shape index (κ3) is 7.76. The number of nitrogens with zero attached hydrogens (tertiary/aromatic N) is 2. The zero-order valence-electron chi connectivity index (χ0n) is 21.5. The average molecular weight is 466 g/mol. The summed E-state index contributed by atoms with van der Waals surface area (Å²) in [6, 6.07) is 18.6. The number of likely N-dealkylation sites (tertiary alicyclic amines) is 1. The number of carbonyl (C=O) groups is 1. The van der Waals surface area contributed by atoms with Gasteiger partial charge in [0.2, 0.25) is 5.91 Å². The molecule has 1 aliphatic heterocycles. The smallest absolute Gasteiger partial charge is 0.239 e. The number of rotatable bonds is 11. The van der Waals surface area contributed by atoms with Crippen LogP contribution in [0.4, 0.5) is 5.69 Å². The van der Waals surface area contributed by atoms with Crippen molar-refractivity contribution >= 4 is 11.6 Å². The maximum atomic E-state index is 13.0. The second-order valence-corrected chi connectivity index (χ2v) is 10.5. The molecule has 2 aromatic rings. The number of nitrogens with two attached hydrogens (primary N) is 1. The van der Waals surface area contributed by atoms with E-state index in [0.717, 1.165) is 56.6 Å². The molecule has 1 saturated heterocycles. The minimum Gasteiger partial charge on any atom is -0.489 e. The average Bonchev–Trinajstić information content (AvgIpc) is 2.83. The van der Waals surface area contributed by atoms with Gasteiger partial charge in [0.25, 0.3) is 0 Å². The molecule has 34 heavy (non-hydrogen) atoms. The van der Waals surface area contributed by atoms with Crippen molar-refractivity contribution < 1.29 is 9.53 Å². The number of anilines is 1. The standard InChI is InChI=1S/C29H43N3O2/c1-22(2)16-18-32(26-11-8-17-31(20-26)29(33)28(30)19-23(3)4)25-12-14-27(15-13-25)34-21-24-9-6-5-7-10-24/h5-7,9-10,12-15,22-23,26,28H,8,11,16-21,30H2,1-4H3/t26-,28?/m0/s1. The molecule has 0 radical (unpaired) electrons. The molecule has 0 bridgehead atoms. The molecule has 0 saturated carbocycles. The van der Waals surface area contributed by atoms with Crippen molar-refractivity contribution in [3.05, 3.63) is 60.2 Å². The van der Waals surface area contributed by atoms with E-state index in [4.69, 9.17) is 10.5 Å². The summed E-state index contributed by atoms with van der Waals surface area (Å²) in [4.78, 5) is 17.5. The molecular formula is C29H43N3O2. The second kappa shape index (κ2) is 12.8. The van der Waals surface area contributed by atoms with E-state index in [9.17, 15) is 4.79 Å². The van der Waals surface area contributed by atoms with Gasteiger partial charge in [-0.05, 0) is 67.3 Å². The molecule has 0 aromatic heterocycles. The van der Waals surface area contributed by atoms with Gasteiger partial charge in [0.1, 0.15) is 12.4 Å². The molecule has 2 aromatic carbocycles. The van der Waals surface area contributed by atoms with E-state index in [1.165, 1.54) is 5.69 Å². The van der Waals surface area contributed by atoms with Gasteiger partial charge in [-0.3, -0.25) is 4.79 Å². The fourth-order valence-electron chi connectivity index (χ4n) is 4.65. The predicted molar refractivity (Wildman–Crippen MR) is 141 cm³/mol. The number of piperidine rings is 1. The van der Waals surface area contributed by atoms with Crippen LogP contribution in [0.3, 0.4) is 0 Å². The van der Waals surface area contributed by atoms with Crippen LogP contribution in [0, 0.1) is 11.8 Å². The van der Waals surface area contributed by atoms with Gasteiger partial charge in [-0.25, -0.2) is 0 Å². The van der Waals surface area contributed by atoms with Crippen LogP contribution in [-0.2, 0) is 11.4 Å². The lowest BCUT2D eigenvalue weighted by Gasteiger charge is -2.41. The van der Waals surface area contributed by atoms with Crippen LogP contribution in [0.25, 0.3) is 0 Å². The van der Waals surface area contributed by atoms with Crippen LogP contribution in [0.15, 0.2) is 54.6 Å². The Bertz CT molecular complexity index is 867. The quantitative estimate of drug-likeness (QED) is 0.477. The summed E-state index contributed by atoms with van der Waals surface area (Å²) < 4.78 is 5.99. The molecule has 3 rings (SSSR count). The zero-order chi connectivity index (χ0) is 24.5. The molecule has 1 heterocycles. The Labute approximate surface area is 206 Å². The Balaban J connectivity index is 1.68. The van der Waals surface area contributed by atoms with E-state index in [1.807, 2.05) is 23.1 Å². The van der Waals surface area contributed by atoms with Crippen molar-refractivity contribution in [3.8, 4) is 5.75 Å². The van der Waals surface area contributed by atoms with Crippen molar-refractivity contribution in [2.24, 2.45) is 17.6 Å². The maximum Gasteiger partial charge on any atom is 0.239 e. The van der Waals surface area contributed by atoms with Gasteiger partial charge in [-0.1, -0.05) is 58.0 Å².